The van der Waals surface area contributed by atoms with Gasteiger partial charge in [-0.25, -0.2) is 8.42 Å². The molecule has 7 heteroatoms. The summed E-state index contributed by atoms with van der Waals surface area (Å²) in [6.07, 6.45) is 5.62. The van der Waals surface area contributed by atoms with E-state index in [1.165, 1.54) is 30.2 Å². The first kappa shape index (κ1) is 21.3. The zero-order valence-electron chi connectivity index (χ0n) is 16.9. The van der Waals surface area contributed by atoms with Crippen molar-refractivity contribution in [3.05, 3.63) is 29.8 Å². The number of benzene rings is 1. The van der Waals surface area contributed by atoms with E-state index < -0.39 is 10.0 Å². The molecular weight excluding hydrogens is 374 g/mol. The summed E-state index contributed by atoms with van der Waals surface area (Å²) >= 11 is 0. The van der Waals surface area contributed by atoms with Gasteiger partial charge in [0.15, 0.2) is 0 Å². The Hall–Kier alpha value is -1.44. The molecule has 2 saturated heterocycles. The van der Waals surface area contributed by atoms with Gasteiger partial charge in [0.2, 0.25) is 15.9 Å². The maximum Gasteiger partial charge on any atom is 0.243 e. The summed E-state index contributed by atoms with van der Waals surface area (Å²) < 4.78 is 27.2. The van der Waals surface area contributed by atoms with Gasteiger partial charge < -0.3 is 10.2 Å². The van der Waals surface area contributed by atoms with E-state index in [1.807, 2.05) is 19.1 Å². The van der Waals surface area contributed by atoms with Crippen molar-refractivity contribution in [2.75, 3.05) is 39.3 Å². The molecule has 1 amide bonds. The summed E-state index contributed by atoms with van der Waals surface area (Å²) in [7, 11) is -3.47. The van der Waals surface area contributed by atoms with Gasteiger partial charge in [0.05, 0.1) is 4.90 Å². The Morgan fingerprint density at radius 1 is 1.07 bits per heavy atom. The first-order valence-corrected chi connectivity index (χ1v) is 12.0. The molecule has 0 aliphatic carbocycles. The molecule has 1 N–H and O–H groups in total. The third-order valence-electron chi connectivity index (χ3n) is 5.94. The molecule has 1 aromatic rings. The number of likely N-dealkylation sites (tertiary alicyclic amines) is 1. The Bertz CT molecular complexity index is 735. The van der Waals surface area contributed by atoms with Crippen LogP contribution in [0.15, 0.2) is 29.2 Å². The van der Waals surface area contributed by atoms with Crippen LogP contribution >= 0.6 is 0 Å². The second-order valence-electron chi connectivity index (χ2n) is 7.87. The van der Waals surface area contributed by atoms with E-state index in [1.54, 1.807) is 12.1 Å². The lowest BCUT2D eigenvalue weighted by Gasteiger charge is -2.30. The monoisotopic (exact) mass is 407 g/mol. The van der Waals surface area contributed by atoms with E-state index in [2.05, 4.69) is 10.2 Å². The highest BCUT2D eigenvalue weighted by atomic mass is 32.2. The third-order valence-corrected chi connectivity index (χ3v) is 7.86. The van der Waals surface area contributed by atoms with Gasteiger partial charge in [0.25, 0.3) is 0 Å². The Morgan fingerprint density at radius 2 is 1.71 bits per heavy atom. The molecule has 156 valence electrons. The predicted molar refractivity (Wildman–Crippen MR) is 111 cm³/mol. The Morgan fingerprint density at radius 3 is 2.32 bits per heavy atom. The summed E-state index contributed by atoms with van der Waals surface area (Å²) in [5.74, 6) is -0.00790. The Kier molecular flexibility index (Phi) is 7.48. The summed E-state index contributed by atoms with van der Waals surface area (Å²) in [5, 5.41) is 3.04. The topological polar surface area (TPSA) is 69.7 Å². The lowest BCUT2D eigenvalue weighted by molar-refractivity contribution is -0.126. The Labute approximate surface area is 169 Å². The van der Waals surface area contributed by atoms with Crippen LogP contribution in [0.1, 0.15) is 44.6 Å². The average molecular weight is 408 g/mol. The molecule has 0 spiro atoms. The van der Waals surface area contributed by atoms with Crippen molar-refractivity contribution in [1.82, 2.24) is 14.5 Å². The number of piperidine rings is 1. The minimum absolute atomic E-state index is 0.0748. The van der Waals surface area contributed by atoms with Crippen LogP contribution in [0.3, 0.4) is 0 Å². The number of carbonyl (C=O) groups excluding carboxylic acids is 1. The van der Waals surface area contributed by atoms with E-state index in [0.717, 1.165) is 24.9 Å². The van der Waals surface area contributed by atoms with Crippen molar-refractivity contribution in [3.8, 4) is 0 Å². The van der Waals surface area contributed by atoms with Crippen LogP contribution in [0, 0.1) is 5.92 Å². The summed E-state index contributed by atoms with van der Waals surface area (Å²) in [5.41, 5.74) is 1.12. The van der Waals surface area contributed by atoms with E-state index in [9.17, 15) is 13.2 Å². The first-order chi connectivity index (χ1) is 13.5. The molecule has 2 aliphatic rings. The third kappa shape index (κ3) is 5.33. The predicted octanol–water partition coefficient (Wildman–Crippen LogP) is 2.25. The first-order valence-electron chi connectivity index (χ1n) is 10.6. The SMILES string of the molecule is CCc1ccc(S(=O)(=O)N2CCC(C(=O)NCCCN3CCCC3)CC2)cc1. The number of carbonyl (C=O) groups is 1. The molecule has 0 saturated carbocycles. The molecule has 2 heterocycles. The zero-order valence-corrected chi connectivity index (χ0v) is 17.7. The fraction of sp³-hybridized carbons (Fsp3) is 0.667. The van der Waals surface area contributed by atoms with Crippen LogP contribution in [0.25, 0.3) is 0 Å². The zero-order chi connectivity index (χ0) is 20.0. The average Bonchev–Trinajstić information content (AvgIpc) is 3.25. The van der Waals surface area contributed by atoms with Crippen molar-refractivity contribution < 1.29 is 13.2 Å². The number of hydrogen-bond donors (Lipinski definition) is 1. The van der Waals surface area contributed by atoms with Crippen LogP contribution in [-0.4, -0.2) is 62.8 Å². The fourth-order valence-corrected chi connectivity index (χ4v) is 5.54. The number of sulfonamides is 1. The molecular formula is C21H33N3O3S. The number of rotatable bonds is 8. The van der Waals surface area contributed by atoms with Crippen LogP contribution in [0.2, 0.25) is 0 Å². The van der Waals surface area contributed by atoms with Gasteiger partial charge in [-0.2, -0.15) is 4.31 Å². The lowest BCUT2D eigenvalue weighted by Crippen LogP contribution is -2.43. The number of amides is 1. The van der Waals surface area contributed by atoms with Crippen molar-refractivity contribution in [2.45, 2.75) is 50.3 Å². The van der Waals surface area contributed by atoms with Gasteiger partial charge in [-0.05, 0) is 75.9 Å². The number of nitrogens with zero attached hydrogens (tertiary/aromatic N) is 2. The van der Waals surface area contributed by atoms with Crippen LogP contribution in [0.4, 0.5) is 0 Å². The van der Waals surface area contributed by atoms with Crippen LogP contribution < -0.4 is 5.32 Å². The molecule has 0 aromatic heterocycles. The van der Waals surface area contributed by atoms with Gasteiger partial charge in [-0.3, -0.25) is 4.79 Å². The summed E-state index contributed by atoms with van der Waals surface area (Å²) in [6.45, 7) is 6.98. The number of hydrogen-bond acceptors (Lipinski definition) is 4. The second-order valence-corrected chi connectivity index (χ2v) is 9.81. The summed E-state index contributed by atoms with van der Waals surface area (Å²) in [4.78, 5) is 15.2. The molecule has 0 bridgehead atoms. The maximum atomic E-state index is 12.8. The molecule has 3 rings (SSSR count). The molecule has 2 fully saturated rings. The van der Waals surface area contributed by atoms with E-state index in [0.29, 0.717) is 37.4 Å². The van der Waals surface area contributed by atoms with Crippen molar-refractivity contribution in [1.29, 1.82) is 0 Å². The lowest BCUT2D eigenvalue weighted by atomic mass is 9.97. The van der Waals surface area contributed by atoms with Gasteiger partial charge in [0.1, 0.15) is 0 Å². The van der Waals surface area contributed by atoms with Gasteiger partial charge >= 0.3 is 0 Å². The highest BCUT2D eigenvalue weighted by Crippen LogP contribution is 2.24. The molecule has 0 radical (unpaired) electrons. The highest BCUT2D eigenvalue weighted by Gasteiger charge is 2.31. The molecule has 28 heavy (non-hydrogen) atoms. The molecule has 0 atom stereocenters. The van der Waals surface area contributed by atoms with E-state index in [-0.39, 0.29) is 11.8 Å². The van der Waals surface area contributed by atoms with E-state index >= 15 is 0 Å². The largest absolute Gasteiger partial charge is 0.356 e. The van der Waals surface area contributed by atoms with Crippen molar-refractivity contribution in [2.24, 2.45) is 5.92 Å². The van der Waals surface area contributed by atoms with Crippen LogP contribution in [0.5, 0.6) is 0 Å². The second kappa shape index (κ2) is 9.85. The number of nitrogens with one attached hydrogen (secondary N) is 1. The standard InChI is InChI=1S/C21H33N3O3S/c1-2-18-6-8-20(9-7-18)28(26,27)24-16-10-19(11-17-24)21(25)22-12-5-15-23-13-3-4-14-23/h6-9,19H,2-5,10-17H2,1H3,(H,22,25). The Balaban J connectivity index is 1.43. The highest BCUT2D eigenvalue weighted by molar-refractivity contribution is 7.89. The van der Waals surface area contributed by atoms with Crippen LogP contribution in [-0.2, 0) is 21.2 Å². The quantitative estimate of drug-likeness (QED) is 0.671. The molecule has 2 aliphatic heterocycles. The minimum atomic E-state index is -3.47. The molecule has 6 nitrogen and oxygen atoms in total. The van der Waals surface area contributed by atoms with E-state index in [4.69, 9.17) is 0 Å². The number of aryl methyl sites for hydroxylation is 1. The summed E-state index contributed by atoms with van der Waals surface area (Å²) in [6, 6.07) is 7.12. The van der Waals surface area contributed by atoms with Gasteiger partial charge in [0, 0.05) is 25.6 Å². The smallest absolute Gasteiger partial charge is 0.243 e. The van der Waals surface area contributed by atoms with Crippen molar-refractivity contribution >= 4 is 15.9 Å². The molecule has 0 unspecified atom stereocenters. The van der Waals surface area contributed by atoms with Gasteiger partial charge in [-0.15, -0.1) is 0 Å². The van der Waals surface area contributed by atoms with Crippen molar-refractivity contribution in [3.63, 3.8) is 0 Å². The maximum absolute atomic E-state index is 12.8. The van der Waals surface area contributed by atoms with Gasteiger partial charge in [-0.1, -0.05) is 19.1 Å². The normalized spacial score (nSPS) is 19.8. The minimum Gasteiger partial charge on any atom is -0.356 e. The fourth-order valence-electron chi connectivity index (χ4n) is 4.07. The molecule has 1 aromatic carbocycles.